The van der Waals surface area contributed by atoms with Gasteiger partial charge in [-0.1, -0.05) is 0 Å². The van der Waals surface area contributed by atoms with E-state index in [-0.39, 0.29) is 5.56 Å². The quantitative estimate of drug-likeness (QED) is 0.773. The van der Waals surface area contributed by atoms with Crippen LogP contribution in [0.3, 0.4) is 0 Å². The zero-order valence-corrected chi connectivity index (χ0v) is 13.3. The summed E-state index contributed by atoms with van der Waals surface area (Å²) in [7, 11) is 0. The summed E-state index contributed by atoms with van der Waals surface area (Å²) in [6, 6.07) is 1.83. The maximum absolute atomic E-state index is 12.6. The Morgan fingerprint density at radius 1 is 1.35 bits per heavy atom. The highest BCUT2D eigenvalue weighted by Gasteiger charge is 2.23. The Hall–Kier alpha value is -2.55. The molecule has 9 heteroatoms. The molecule has 1 saturated heterocycles. The second kappa shape index (κ2) is 5.58. The van der Waals surface area contributed by atoms with Crippen LogP contribution in [0.1, 0.15) is 6.92 Å². The number of anilines is 1. The van der Waals surface area contributed by atoms with Gasteiger partial charge in [-0.05, 0) is 6.92 Å². The number of hydrogen-bond donors (Lipinski definition) is 1. The van der Waals surface area contributed by atoms with Gasteiger partial charge in [-0.3, -0.25) is 14.5 Å². The highest BCUT2D eigenvalue weighted by atomic mass is 32.2. The van der Waals surface area contributed by atoms with Gasteiger partial charge < -0.3 is 4.90 Å². The molecule has 0 saturated carbocycles. The van der Waals surface area contributed by atoms with E-state index in [1.807, 2.05) is 17.8 Å². The number of aromatic amines is 1. The number of rotatable bonds is 3. The summed E-state index contributed by atoms with van der Waals surface area (Å²) in [6.45, 7) is 3.10. The number of nitrogens with one attached hydrogen (secondary N) is 1. The summed E-state index contributed by atoms with van der Waals surface area (Å²) >= 11 is 1.89. The van der Waals surface area contributed by atoms with Gasteiger partial charge in [0.1, 0.15) is 17.8 Å². The smallest absolute Gasteiger partial charge is 0.296 e. The Morgan fingerprint density at radius 3 is 2.96 bits per heavy atom. The van der Waals surface area contributed by atoms with Gasteiger partial charge in [0.2, 0.25) is 0 Å². The molecular formula is C14H15N7OS. The van der Waals surface area contributed by atoms with Crippen LogP contribution < -0.4 is 10.5 Å². The van der Waals surface area contributed by atoms with Crippen molar-refractivity contribution in [2.75, 3.05) is 17.2 Å². The lowest BCUT2D eigenvalue weighted by Gasteiger charge is -2.21. The fourth-order valence-electron chi connectivity index (χ4n) is 2.63. The Labute approximate surface area is 136 Å². The Kier molecular flexibility index (Phi) is 3.41. The Bertz CT molecular complexity index is 869. The van der Waals surface area contributed by atoms with Crippen LogP contribution in [0.15, 0.2) is 42.1 Å². The molecule has 23 heavy (non-hydrogen) atoms. The first-order chi connectivity index (χ1) is 11.2. The monoisotopic (exact) mass is 329 g/mol. The van der Waals surface area contributed by atoms with Crippen LogP contribution >= 0.6 is 11.8 Å². The predicted octanol–water partition coefficient (Wildman–Crippen LogP) is 1.04. The molecule has 1 aliphatic rings. The number of hydrogen-bond acceptors (Lipinski definition) is 6. The molecule has 8 nitrogen and oxygen atoms in total. The van der Waals surface area contributed by atoms with E-state index in [0.717, 1.165) is 18.1 Å². The van der Waals surface area contributed by atoms with Crippen molar-refractivity contribution in [2.24, 2.45) is 0 Å². The minimum atomic E-state index is -0.184. The normalized spacial score (nSPS) is 17.8. The van der Waals surface area contributed by atoms with Crippen LogP contribution in [0.2, 0.25) is 0 Å². The van der Waals surface area contributed by atoms with Crippen LogP contribution in [0, 0.1) is 0 Å². The largest absolute Gasteiger partial charge is 0.344 e. The first-order valence-electron chi connectivity index (χ1n) is 7.23. The van der Waals surface area contributed by atoms with E-state index in [1.54, 1.807) is 29.5 Å². The first-order valence-corrected chi connectivity index (χ1v) is 8.28. The van der Waals surface area contributed by atoms with Gasteiger partial charge in [0.25, 0.3) is 5.56 Å². The summed E-state index contributed by atoms with van der Waals surface area (Å²) in [5.74, 6) is 2.43. The van der Waals surface area contributed by atoms with E-state index in [4.69, 9.17) is 0 Å². The summed E-state index contributed by atoms with van der Waals surface area (Å²) in [6.07, 6.45) is 8.07. The van der Waals surface area contributed by atoms with Crippen LogP contribution in [0.25, 0.3) is 11.5 Å². The summed E-state index contributed by atoms with van der Waals surface area (Å²) < 4.78 is 3.07. The zero-order valence-electron chi connectivity index (χ0n) is 12.5. The topological polar surface area (TPSA) is 84.6 Å². The predicted molar refractivity (Wildman–Crippen MR) is 88.4 cm³/mol. The van der Waals surface area contributed by atoms with Crippen LogP contribution in [0.5, 0.6) is 0 Å². The summed E-state index contributed by atoms with van der Waals surface area (Å²) in [4.78, 5) is 27.3. The molecule has 1 fully saturated rings. The third kappa shape index (κ3) is 2.42. The number of imidazole rings is 1. The van der Waals surface area contributed by atoms with Crippen molar-refractivity contribution in [2.45, 2.75) is 12.3 Å². The van der Waals surface area contributed by atoms with E-state index in [1.165, 1.54) is 11.0 Å². The average Bonchev–Trinajstić information content (AvgIpc) is 3.28. The maximum atomic E-state index is 12.6. The van der Waals surface area contributed by atoms with Crippen molar-refractivity contribution in [1.29, 1.82) is 0 Å². The Balaban J connectivity index is 1.73. The van der Waals surface area contributed by atoms with Gasteiger partial charge >= 0.3 is 0 Å². The lowest BCUT2D eigenvalue weighted by Crippen LogP contribution is -2.27. The minimum Gasteiger partial charge on any atom is -0.344 e. The van der Waals surface area contributed by atoms with Crippen LogP contribution in [0.4, 0.5) is 5.82 Å². The molecule has 4 rings (SSSR count). The van der Waals surface area contributed by atoms with E-state index in [9.17, 15) is 4.79 Å². The summed E-state index contributed by atoms with van der Waals surface area (Å²) in [5, 5.41) is 3.32. The third-order valence-electron chi connectivity index (χ3n) is 3.83. The molecule has 3 aromatic rings. The van der Waals surface area contributed by atoms with E-state index >= 15 is 0 Å². The number of thioether (sulfide) groups is 1. The average molecular weight is 329 g/mol. The number of H-pyrrole nitrogens is 1. The van der Waals surface area contributed by atoms with Gasteiger partial charge in [-0.2, -0.15) is 4.68 Å². The van der Waals surface area contributed by atoms with Gasteiger partial charge in [0.05, 0.1) is 11.7 Å². The van der Waals surface area contributed by atoms with Gasteiger partial charge in [0.15, 0.2) is 5.82 Å². The lowest BCUT2D eigenvalue weighted by atomic mass is 10.4. The molecule has 1 unspecified atom stereocenters. The molecule has 1 atom stereocenters. The van der Waals surface area contributed by atoms with Crippen LogP contribution in [-0.4, -0.2) is 47.0 Å². The molecule has 0 aromatic carbocycles. The molecule has 4 heterocycles. The molecule has 1 N–H and O–H groups in total. The molecular weight excluding hydrogens is 314 g/mol. The Morgan fingerprint density at radius 2 is 2.22 bits per heavy atom. The third-order valence-corrected chi connectivity index (χ3v) is 4.98. The van der Waals surface area contributed by atoms with Gasteiger partial charge in [-0.25, -0.2) is 15.0 Å². The number of nitrogens with zero attached hydrogens (tertiary/aromatic N) is 6. The molecule has 3 aromatic heterocycles. The van der Waals surface area contributed by atoms with Crippen molar-refractivity contribution in [3.05, 3.63) is 47.7 Å². The molecule has 0 radical (unpaired) electrons. The van der Waals surface area contributed by atoms with E-state index in [0.29, 0.717) is 16.9 Å². The van der Waals surface area contributed by atoms with Crippen LogP contribution in [-0.2, 0) is 0 Å². The second-order valence-electron chi connectivity index (χ2n) is 5.17. The molecule has 0 bridgehead atoms. The van der Waals surface area contributed by atoms with Crippen molar-refractivity contribution in [3.63, 3.8) is 0 Å². The second-order valence-corrected chi connectivity index (χ2v) is 6.59. The summed E-state index contributed by atoms with van der Waals surface area (Å²) in [5.41, 5.74) is 0.309. The highest BCUT2D eigenvalue weighted by molar-refractivity contribution is 8.00. The zero-order chi connectivity index (χ0) is 15.8. The molecule has 0 spiro atoms. The number of aromatic nitrogens is 6. The van der Waals surface area contributed by atoms with E-state index in [2.05, 4.69) is 31.9 Å². The SMILES string of the molecule is CC1SCCN1c1cc(-n2[nH]cc(-n3ccnc3)c2=O)ncn1. The highest BCUT2D eigenvalue weighted by Crippen LogP contribution is 2.27. The lowest BCUT2D eigenvalue weighted by molar-refractivity contribution is 0.794. The standard InChI is InChI=1S/C14H15N7OS/c1-10-20(4-5-23-10)12-6-13(17-8-16-12)21-14(22)11(7-18-21)19-3-2-15-9-19/h2-3,6-10,18H,4-5H2,1H3. The van der Waals surface area contributed by atoms with E-state index < -0.39 is 0 Å². The molecule has 1 aliphatic heterocycles. The van der Waals surface area contributed by atoms with Gasteiger partial charge in [-0.15, -0.1) is 11.8 Å². The van der Waals surface area contributed by atoms with Crippen molar-refractivity contribution in [3.8, 4) is 11.5 Å². The van der Waals surface area contributed by atoms with Crippen molar-refractivity contribution in [1.82, 2.24) is 29.3 Å². The van der Waals surface area contributed by atoms with Crippen molar-refractivity contribution < 1.29 is 0 Å². The molecule has 0 amide bonds. The fraction of sp³-hybridized carbons (Fsp3) is 0.286. The minimum absolute atomic E-state index is 0.184. The fourth-order valence-corrected chi connectivity index (χ4v) is 3.66. The molecule has 0 aliphatic carbocycles. The maximum Gasteiger partial charge on any atom is 0.296 e. The van der Waals surface area contributed by atoms with Gasteiger partial charge in [0, 0.05) is 37.0 Å². The first kappa shape index (κ1) is 14.1. The van der Waals surface area contributed by atoms with Crippen molar-refractivity contribution >= 4 is 17.6 Å². The molecule has 118 valence electrons.